The lowest BCUT2D eigenvalue weighted by Crippen LogP contribution is -2.10. The van der Waals surface area contributed by atoms with Crippen LogP contribution in [0.5, 0.6) is 0 Å². The first-order chi connectivity index (χ1) is 48.0. The largest absolute Gasteiger partial charge is 0.309 e. The van der Waals surface area contributed by atoms with Crippen molar-refractivity contribution in [2.75, 3.05) is 0 Å². The highest BCUT2D eigenvalue weighted by Crippen LogP contribution is 2.43. The van der Waals surface area contributed by atoms with Gasteiger partial charge in [-0.25, -0.2) is 0 Å². The Labute approximate surface area is 446 Å². The van der Waals surface area contributed by atoms with Gasteiger partial charge in [-0.1, -0.05) is 169 Å². The lowest BCUT2D eigenvalue weighted by atomic mass is 9.98. The predicted octanol–water partition coefficient (Wildman–Crippen LogP) is 15.6. The second-order valence-electron chi connectivity index (χ2n) is 15.6. The van der Waals surface area contributed by atoms with Crippen LogP contribution in [-0.4, -0.2) is 33.2 Å². The van der Waals surface area contributed by atoms with Crippen molar-refractivity contribution < 1.29 is 43.9 Å². The Morgan fingerprint density at radius 2 is 0.557 bits per heavy atom. The third-order valence-electron chi connectivity index (χ3n) is 12.1. The Balaban J connectivity index is 1.17. The van der Waals surface area contributed by atoms with E-state index in [1.807, 2.05) is 0 Å². The predicted molar refractivity (Wildman–Crippen MR) is 288 cm³/mol. The van der Waals surface area contributed by atoms with E-state index in [0.29, 0.717) is 0 Å². The van der Waals surface area contributed by atoms with Crippen LogP contribution in [-0.2, 0) is 0 Å². The summed E-state index contributed by atoms with van der Waals surface area (Å²) in [6.07, 6.45) is 0. The summed E-state index contributed by atoms with van der Waals surface area (Å²) in [6, 6.07) is -16.2. The molecular weight excluding hydrogens is 855 g/mol. The number of hydrogen-bond donors (Lipinski definition) is 0. The Hall–Kier alpha value is -9.59. The van der Waals surface area contributed by atoms with Gasteiger partial charge in [0.25, 0.3) is 0 Å². The monoisotopic (exact) mass is 926 g/mol. The molecule has 0 spiro atoms. The summed E-state index contributed by atoms with van der Waals surface area (Å²) in [6.45, 7) is 0. The molecule has 0 fully saturated rings. The third kappa shape index (κ3) is 5.54. The van der Waals surface area contributed by atoms with Gasteiger partial charge in [-0.2, -0.15) is 15.0 Å². The number of rotatable bonds is 6. The molecule has 0 atom stereocenters. The maximum atomic E-state index is 9.57. The summed E-state index contributed by atoms with van der Waals surface area (Å²) >= 11 is 0. The van der Waals surface area contributed by atoms with E-state index in [2.05, 4.69) is 0 Å². The van der Waals surface area contributed by atoms with E-state index in [0.717, 1.165) is 18.3 Å². The van der Waals surface area contributed by atoms with Gasteiger partial charge in [0.2, 0.25) is 11.9 Å². The summed E-state index contributed by atoms with van der Waals surface area (Å²) in [5.74, 6) is -2.10. The van der Waals surface area contributed by atoms with Gasteiger partial charge < -0.3 is 9.13 Å². The second-order valence-corrected chi connectivity index (χ2v) is 15.6. The molecule has 7 heteroatoms. The first-order valence-electron chi connectivity index (χ1n) is 37.1. The van der Waals surface area contributed by atoms with E-state index in [9.17, 15) is 21.9 Å². The molecule has 5 heterocycles. The molecule has 70 heavy (non-hydrogen) atoms. The van der Waals surface area contributed by atoms with Crippen LogP contribution in [0.3, 0.4) is 0 Å². The molecule has 15 aromatic rings. The van der Waals surface area contributed by atoms with Crippen molar-refractivity contribution >= 4 is 87.2 Å². The van der Waals surface area contributed by atoms with Crippen molar-refractivity contribution in [2.45, 2.75) is 0 Å². The molecule has 0 amide bonds. The van der Waals surface area contributed by atoms with Crippen LogP contribution >= 0.6 is 0 Å². The Morgan fingerprint density at radius 1 is 0.286 bits per heavy atom. The number of benzene rings is 10. The summed E-state index contributed by atoms with van der Waals surface area (Å²) in [5.41, 5.74) is -4.90. The minimum absolute atomic E-state index is 0.102. The number of aromatic nitrogens is 7. The van der Waals surface area contributed by atoms with Crippen LogP contribution in [0.25, 0.3) is 133 Å². The van der Waals surface area contributed by atoms with Gasteiger partial charge in [0.15, 0.2) is 5.82 Å². The van der Waals surface area contributed by atoms with Gasteiger partial charge in [-0.15, -0.1) is 0 Å². The highest BCUT2D eigenvalue weighted by Gasteiger charge is 2.24. The molecule has 0 aliphatic heterocycles. The normalized spacial score (nSPS) is 18.4. The highest BCUT2D eigenvalue weighted by molar-refractivity contribution is 6.13. The first-order valence-corrected chi connectivity index (χ1v) is 21.1. The first kappa shape index (κ1) is 18.8. The molecule has 0 aliphatic rings. The van der Waals surface area contributed by atoms with Gasteiger partial charge in [0.1, 0.15) is 0 Å². The highest BCUT2D eigenvalue weighted by atomic mass is 15.3. The zero-order valence-corrected chi connectivity index (χ0v) is 35.2. The van der Waals surface area contributed by atoms with E-state index in [-0.39, 0.29) is 28.1 Å². The molecule has 0 aliphatic carbocycles. The molecular formula is C63H39N7. The van der Waals surface area contributed by atoms with E-state index in [4.69, 9.17) is 36.9 Å². The Kier molecular flexibility index (Phi) is 4.02. The summed E-state index contributed by atoms with van der Waals surface area (Å²) < 4.78 is 296. The third-order valence-corrected chi connectivity index (χ3v) is 12.1. The fourth-order valence-electron chi connectivity index (χ4n) is 9.26. The average Bonchev–Trinajstić information content (AvgIpc) is 1.55. The number of hydrogen-bond acceptors (Lipinski definition) is 3. The number of fused-ring (bicyclic) bond motifs is 12. The van der Waals surface area contributed by atoms with Gasteiger partial charge in [0, 0.05) is 54.2 Å². The van der Waals surface area contributed by atoms with Crippen LogP contribution in [0.2, 0.25) is 0 Å². The molecule has 0 saturated carbocycles. The lowest BCUT2D eigenvalue weighted by molar-refractivity contribution is 0.893. The standard InChI is InChI=1S/C63H39N7/c1-9-29-50-42(21-1)43-22-2-10-30-51(43)67(50)58-37-18-38-59(68-52-31-11-3-23-44(52)45-24-4-12-32-53(45)68)60(58)40-19-17-20-41(39-40)61-64-62(69-54-33-13-5-25-46(54)47-26-6-14-34-55(47)69)66-63(65-61)70-56-35-15-7-27-48(56)49-28-8-16-36-57(49)70/h1-39H/i1D,2D,3D,4D,5D,6D,7D,8D,9D,10D,11D,12D,13D,14D,15D,16D,21D,22D,23D,24D,25D,26D,27D,28D,29D,30D,31D,32D,33D,34D,35D,36D. The van der Waals surface area contributed by atoms with Gasteiger partial charge in [-0.3, -0.25) is 9.13 Å². The SMILES string of the molecule is [2H]c1c([2H])c([2H])c2c(c1[2H])c1c([2H])c([2H])c([2H])c([2H])c1n2-c1nc(-c2cccc(-c3c(-n4c5c([2H])c([2H])c([2H])c([2H])c5c5c([2H])c([2H])c([2H])c([2H])c54)cccc3-n3c4c([2H])c([2H])c([2H])c([2H])c4c4c([2H])c([2H])c([2H])c([2H])c43)c2)nc(-n2c3c([2H])c([2H])c([2H])c([2H])c3c3c([2H])c([2H])c([2H])c([2H])c32)n1. The minimum Gasteiger partial charge on any atom is -0.309 e. The fraction of sp³-hybridized carbons (Fsp3) is 0. The summed E-state index contributed by atoms with van der Waals surface area (Å²) in [4.78, 5) is 14.5. The Bertz CT molecular complexity index is 5880. The van der Waals surface area contributed by atoms with E-state index in [1.54, 1.807) is 0 Å². The van der Waals surface area contributed by atoms with Crippen LogP contribution in [0.1, 0.15) is 43.9 Å². The Morgan fingerprint density at radius 3 is 0.886 bits per heavy atom. The summed E-state index contributed by atoms with van der Waals surface area (Å²) in [5, 5.41) is -3.41. The zero-order valence-electron chi connectivity index (χ0n) is 67.2. The van der Waals surface area contributed by atoms with Crippen LogP contribution in [0, 0.1) is 0 Å². The van der Waals surface area contributed by atoms with Crippen molar-refractivity contribution in [1.29, 1.82) is 0 Å². The van der Waals surface area contributed by atoms with Crippen LogP contribution in [0.15, 0.2) is 236 Å². The van der Waals surface area contributed by atoms with Gasteiger partial charge >= 0.3 is 0 Å². The van der Waals surface area contributed by atoms with Gasteiger partial charge in [0.05, 0.1) is 99.4 Å². The molecule has 0 saturated heterocycles. The van der Waals surface area contributed by atoms with Crippen LogP contribution < -0.4 is 0 Å². The van der Waals surface area contributed by atoms with Gasteiger partial charge in [-0.05, 0) is 72.1 Å². The number of nitrogens with zero attached hydrogens (tertiary/aromatic N) is 7. The van der Waals surface area contributed by atoms with Crippen molar-refractivity contribution in [3.63, 3.8) is 0 Å². The molecule has 0 radical (unpaired) electrons. The summed E-state index contributed by atoms with van der Waals surface area (Å²) in [7, 11) is 0. The van der Waals surface area contributed by atoms with E-state index >= 15 is 0 Å². The van der Waals surface area contributed by atoms with Crippen molar-refractivity contribution in [1.82, 2.24) is 33.2 Å². The van der Waals surface area contributed by atoms with Crippen molar-refractivity contribution in [3.05, 3.63) is 236 Å². The van der Waals surface area contributed by atoms with E-state index in [1.165, 1.54) is 42.5 Å². The molecule has 7 nitrogen and oxygen atoms in total. The fourth-order valence-corrected chi connectivity index (χ4v) is 9.26. The molecule has 326 valence electrons. The maximum absolute atomic E-state index is 9.57. The maximum Gasteiger partial charge on any atom is 0.240 e. The molecule has 5 aromatic heterocycles. The topological polar surface area (TPSA) is 58.4 Å². The molecule has 0 bridgehead atoms. The minimum atomic E-state index is -0.873. The second kappa shape index (κ2) is 15.0. The average molecular weight is 926 g/mol. The van der Waals surface area contributed by atoms with Crippen LogP contribution in [0.4, 0.5) is 0 Å². The molecule has 0 unspecified atom stereocenters. The van der Waals surface area contributed by atoms with Crippen molar-refractivity contribution in [2.24, 2.45) is 0 Å². The smallest absolute Gasteiger partial charge is 0.240 e. The molecule has 10 aromatic carbocycles. The number of para-hydroxylation sites is 8. The zero-order chi connectivity index (χ0) is 73.7. The molecule has 15 rings (SSSR count). The lowest BCUT2D eigenvalue weighted by Gasteiger charge is -2.20. The van der Waals surface area contributed by atoms with E-state index < -0.39 is 298 Å². The van der Waals surface area contributed by atoms with Crippen molar-refractivity contribution in [3.8, 4) is 45.8 Å². The quantitative estimate of drug-likeness (QED) is 0.167. The molecule has 0 N–H and O–H groups in total.